The lowest BCUT2D eigenvalue weighted by atomic mass is 9.78. The average molecular weight is 437 g/mol. The molecule has 1 fully saturated rings. The van der Waals surface area contributed by atoms with Gasteiger partial charge in [-0.3, -0.25) is 14.5 Å². The molecule has 2 amide bonds. The summed E-state index contributed by atoms with van der Waals surface area (Å²) in [5.41, 5.74) is 1.69. The van der Waals surface area contributed by atoms with Crippen LogP contribution in [-0.4, -0.2) is 44.7 Å². The van der Waals surface area contributed by atoms with Crippen molar-refractivity contribution in [1.29, 1.82) is 0 Å². The highest BCUT2D eigenvalue weighted by Crippen LogP contribution is 2.44. The van der Waals surface area contributed by atoms with Gasteiger partial charge in [0.2, 0.25) is 11.8 Å². The SMILES string of the molecule is O=C(CN1C(=O)CCOc2ccccc21)NCC1(c2ccc3c(c2)OCCO3)CCCC1. The van der Waals surface area contributed by atoms with Gasteiger partial charge in [0.1, 0.15) is 25.5 Å². The van der Waals surface area contributed by atoms with E-state index in [0.29, 0.717) is 37.8 Å². The molecule has 7 heteroatoms. The Hall–Kier alpha value is -3.22. The van der Waals surface area contributed by atoms with E-state index in [9.17, 15) is 9.59 Å². The van der Waals surface area contributed by atoms with Crippen LogP contribution in [0.1, 0.15) is 37.7 Å². The normalized spacial score (nSPS) is 19.0. The summed E-state index contributed by atoms with van der Waals surface area (Å²) < 4.78 is 17.1. The van der Waals surface area contributed by atoms with Crippen LogP contribution in [0.2, 0.25) is 0 Å². The first-order valence-electron chi connectivity index (χ1n) is 11.3. The van der Waals surface area contributed by atoms with Crippen LogP contribution in [0.15, 0.2) is 42.5 Å². The molecule has 2 aliphatic heterocycles. The Labute approximate surface area is 187 Å². The predicted octanol–water partition coefficient (Wildman–Crippen LogP) is 3.20. The number of nitrogens with one attached hydrogen (secondary N) is 1. The standard InChI is InChI=1S/C25H28N2O5/c28-23(16-27-19-5-1-2-6-20(19)30-12-9-24(27)29)26-17-25(10-3-4-11-25)18-7-8-21-22(15-18)32-14-13-31-21/h1-2,5-8,15H,3-4,9-14,16-17H2,(H,26,28). The average Bonchev–Trinajstić information content (AvgIpc) is 3.25. The van der Waals surface area contributed by atoms with Gasteiger partial charge in [0.25, 0.3) is 0 Å². The quantitative estimate of drug-likeness (QED) is 0.779. The molecule has 1 N–H and O–H groups in total. The topological polar surface area (TPSA) is 77.1 Å². The highest BCUT2D eigenvalue weighted by molar-refractivity contribution is 6.00. The molecule has 0 radical (unpaired) electrons. The third kappa shape index (κ3) is 3.99. The minimum atomic E-state index is -0.168. The van der Waals surface area contributed by atoms with E-state index in [-0.39, 0.29) is 30.2 Å². The van der Waals surface area contributed by atoms with Crippen molar-refractivity contribution >= 4 is 17.5 Å². The Balaban J connectivity index is 1.31. The van der Waals surface area contributed by atoms with E-state index in [1.807, 2.05) is 30.3 Å². The fourth-order valence-electron chi connectivity index (χ4n) is 4.95. The second kappa shape index (κ2) is 8.73. The van der Waals surface area contributed by atoms with E-state index >= 15 is 0 Å². The van der Waals surface area contributed by atoms with Crippen LogP contribution in [0.3, 0.4) is 0 Å². The number of carbonyl (C=O) groups excluding carboxylic acids is 2. The highest BCUT2D eigenvalue weighted by atomic mass is 16.6. The Kier molecular flexibility index (Phi) is 5.64. The van der Waals surface area contributed by atoms with Gasteiger partial charge in [-0.25, -0.2) is 0 Å². The van der Waals surface area contributed by atoms with Gasteiger partial charge >= 0.3 is 0 Å². The minimum Gasteiger partial charge on any atom is -0.491 e. The Morgan fingerprint density at radius 2 is 1.69 bits per heavy atom. The second-order valence-electron chi connectivity index (χ2n) is 8.67. The Bertz CT molecular complexity index is 1020. The monoisotopic (exact) mass is 436 g/mol. The number of carbonyl (C=O) groups is 2. The van der Waals surface area contributed by atoms with E-state index in [1.54, 1.807) is 0 Å². The van der Waals surface area contributed by atoms with Crippen molar-refractivity contribution in [1.82, 2.24) is 5.32 Å². The number of hydrogen-bond acceptors (Lipinski definition) is 5. The van der Waals surface area contributed by atoms with E-state index in [1.165, 1.54) is 10.5 Å². The van der Waals surface area contributed by atoms with E-state index < -0.39 is 0 Å². The first-order valence-corrected chi connectivity index (χ1v) is 11.3. The predicted molar refractivity (Wildman–Crippen MR) is 119 cm³/mol. The number of amides is 2. The van der Waals surface area contributed by atoms with Crippen LogP contribution >= 0.6 is 0 Å². The summed E-state index contributed by atoms with van der Waals surface area (Å²) in [7, 11) is 0. The van der Waals surface area contributed by atoms with Crippen LogP contribution in [0.4, 0.5) is 5.69 Å². The number of benzene rings is 2. The third-order valence-electron chi connectivity index (χ3n) is 6.67. The molecule has 2 aromatic rings. The molecule has 0 atom stereocenters. The molecule has 0 spiro atoms. The molecule has 7 nitrogen and oxygen atoms in total. The molecule has 0 aromatic heterocycles. The molecule has 32 heavy (non-hydrogen) atoms. The van der Waals surface area contributed by atoms with Gasteiger partial charge in [0.15, 0.2) is 11.5 Å². The number of hydrogen-bond donors (Lipinski definition) is 1. The zero-order valence-corrected chi connectivity index (χ0v) is 18.1. The molecule has 0 bridgehead atoms. The van der Waals surface area contributed by atoms with Crippen LogP contribution in [0.25, 0.3) is 0 Å². The van der Waals surface area contributed by atoms with Gasteiger partial charge in [0.05, 0.1) is 18.7 Å². The van der Waals surface area contributed by atoms with Gasteiger partial charge in [-0.1, -0.05) is 31.0 Å². The molecular formula is C25H28N2O5. The maximum atomic E-state index is 13.0. The molecule has 168 valence electrons. The lowest BCUT2D eigenvalue weighted by Gasteiger charge is -2.32. The maximum absolute atomic E-state index is 13.0. The zero-order chi connectivity index (χ0) is 22.0. The Morgan fingerprint density at radius 3 is 2.53 bits per heavy atom. The summed E-state index contributed by atoms with van der Waals surface area (Å²) in [6.07, 6.45) is 4.51. The molecule has 3 aliphatic rings. The van der Waals surface area contributed by atoms with Crippen LogP contribution in [0, 0.1) is 0 Å². The van der Waals surface area contributed by atoms with Crippen LogP contribution in [0.5, 0.6) is 17.2 Å². The van der Waals surface area contributed by atoms with Gasteiger partial charge in [0, 0.05) is 12.0 Å². The number of nitrogens with zero attached hydrogens (tertiary/aromatic N) is 1. The zero-order valence-electron chi connectivity index (χ0n) is 18.1. The molecule has 0 saturated heterocycles. The van der Waals surface area contributed by atoms with Crippen molar-refractivity contribution in [2.75, 3.05) is 37.8 Å². The molecule has 2 heterocycles. The number of para-hydroxylation sites is 2. The summed E-state index contributed by atoms with van der Waals surface area (Å²) in [6.45, 7) is 1.95. The van der Waals surface area contributed by atoms with E-state index in [0.717, 1.165) is 37.2 Å². The summed E-state index contributed by atoms with van der Waals surface area (Å²) in [5, 5.41) is 3.12. The Morgan fingerprint density at radius 1 is 0.938 bits per heavy atom. The summed E-state index contributed by atoms with van der Waals surface area (Å²) in [4.78, 5) is 27.1. The smallest absolute Gasteiger partial charge is 0.240 e. The van der Waals surface area contributed by atoms with Gasteiger partial charge in [-0.2, -0.15) is 0 Å². The van der Waals surface area contributed by atoms with Gasteiger partial charge in [-0.15, -0.1) is 0 Å². The fraction of sp³-hybridized carbons (Fsp3) is 0.440. The minimum absolute atomic E-state index is 0.0174. The van der Waals surface area contributed by atoms with Crippen molar-refractivity contribution in [2.45, 2.75) is 37.5 Å². The number of ether oxygens (including phenoxy) is 3. The first kappa shape index (κ1) is 20.7. The number of rotatable bonds is 5. The van der Waals surface area contributed by atoms with Crippen LogP contribution < -0.4 is 24.4 Å². The summed E-state index contributed by atoms with van der Waals surface area (Å²) >= 11 is 0. The lowest BCUT2D eigenvalue weighted by molar-refractivity contribution is -0.124. The number of anilines is 1. The number of fused-ring (bicyclic) bond motifs is 2. The molecular weight excluding hydrogens is 408 g/mol. The molecule has 0 unspecified atom stereocenters. The largest absolute Gasteiger partial charge is 0.491 e. The van der Waals surface area contributed by atoms with E-state index in [4.69, 9.17) is 14.2 Å². The summed E-state index contributed by atoms with van der Waals surface area (Å²) in [5.74, 6) is 1.91. The highest BCUT2D eigenvalue weighted by Gasteiger charge is 2.37. The molecule has 5 rings (SSSR count). The third-order valence-corrected chi connectivity index (χ3v) is 6.67. The molecule has 1 aliphatic carbocycles. The van der Waals surface area contributed by atoms with Crippen molar-refractivity contribution in [3.8, 4) is 17.2 Å². The maximum Gasteiger partial charge on any atom is 0.240 e. The van der Waals surface area contributed by atoms with Crippen molar-refractivity contribution in [2.24, 2.45) is 0 Å². The fourth-order valence-corrected chi connectivity index (χ4v) is 4.95. The van der Waals surface area contributed by atoms with Crippen LogP contribution in [-0.2, 0) is 15.0 Å². The van der Waals surface area contributed by atoms with Gasteiger partial charge in [-0.05, 0) is 42.7 Å². The van der Waals surface area contributed by atoms with E-state index in [2.05, 4.69) is 17.4 Å². The summed E-state index contributed by atoms with van der Waals surface area (Å²) in [6, 6.07) is 13.5. The molecule has 2 aromatic carbocycles. The van der Waals surface area contributed by atoms with Crippen molar-refractivity contribution in [3.63, 3.8) is 0 Å². The van der Waals surface area contributed by atoms with Crippen molar-refractivity contribution < 1.29 is 23.8 Å². The second-order valence-corrected chi connectivity index (χ2v) is 8.67. The molecule has 1 saturated carbocycles. The van der Waals surface area contributed by atoms with Gasteiger partial charge < -0.3 is 19.5 Å². The van der Waals surface area contributed by atoms with Crippen molar-refractivity contribution in [3.05, 3.63) is 48.0 Å². The lowest BCUT2D eigenvalue weighted by Crippen LogP contribution is -2.45. The first-order chi connectivity index (χ1) is 15.6.